The number of carbonyl (C=O) groups excluding carboxylic acids is 1. The predicted octanol–water partition coefficient (Wildman–Crippen LogP) is 4.58. The van der Waals surface area contributed by atoms with E-state index in [0.29, 0.717) is 16.1 Å². The number of Topliss-reactive ketones (excluding diaryl/α,β-unsaturated/α-hetero) is 1. The van der Waals surface area contributed by atoms with Gasteiger partial charge in [0, 0.05) is 11.6 Å². The summed E-state index contributed by atoms with van der Waals surface area (Å²) < 4.78 is 1.81. The Morgan fingerprint density at radius 1 is 1.14 bits per heavy atom. The van der Waals surface area contributed by atoms with E-state index >= 15 is 0 Å². The first-order valence-electron chi connectivity index (χ1n) is 9.96. The Morgan fingerprint density at radius 2 is 1.93 bits per heavy atom. The number of carbonyl (C=O) groups is 1. The Balaban J connectivity index is 1.48. The molecule has 0 amide bonds. The van der Waals surface area contributed by atoms with Crippen LogP contribution in [-0.2, 0) is 12.8 Å². The number of thioether (sulfide) groups is 1. The fraction of sp³-hybridized carbons (Fsp3) is 0.348. The van der Waals surface area contributed by atoms with Crippen LogP contribution in [0.25, 0.3) is 10.9 Å². The van der Waals surface area contributed by atoms with Crippen molar-refractivity contribution < 1.29 is 4.79 Å². The van der Waals surface area contributed by atoms with Gasteiger partial charge in [-0.25, -0.2) is 4.98 Å². The topological polar surface area (TPSA) is 52.0 Å². The van der Waals surface area contributed by atoms with Crippen molar-refractivity contribution in [3.8, 4) is 0 Å². The Labute approximate surface area is 168 Å². The number of rotatable bonds is 5. The van der Waals surface area contributed by atoms with Gasteiger partial charge in [0.05, 0.1) is 16.2 Å². The molecule has 1 unspecified atom stereocenters. The minimum Gasteiger partial charge on any atom is -0.293 e. The molecule has 28 heavy (non-hydrogen) atoms. The monoisotopic (exact) mass is 390 g/mol. The summed E-state index contributed by atoms with van der Waals surface area (Å²) in [6.07, 6.45) is 5.35. The average Bonchev–Trinajstić information content (AvgIpc) is 3.43. The molecular formula is C23H22N2O2S. The minimum atomic E-state index is -0.294. The average molecular weight is 391 g/mol. The number of aryl methyl sites for hydroxylation is 2. The largest absolute Gasteiger partial charge is 0.293 e. The number of nitrogens with zero attached hydrogens (tertiary/aromatic N) is 2. The van der Waals surface area contributed by atoms with E-state index in [1.807, 2.05) is 37.3 Å². The van der Waals surface area contributed by atoms with Gasteiger partial charge in [0.1, 0.15) is 0 Å². The number of aromatic nitrogens is 2. The molecule has 2 aromatic carbocycles. The summed E-state index contributed by atoms with van der Waals surface area (Å²) in [5, 5.41) is 1.02. The summed E-state index contributed by atoms with van der Waals surface area (Å²) >= 11 is 1.41. The summed E-state index contributed by atoms with van der Waals surface area (Å²) in [5.41, 5.74) is 4.15. The lowest BCUT2D eigenvalue weighted by Gasteiger charge is -2.16. The summed E-state index contributed by atoms with van der Waals surface area (Å²) in [7, 11) is 0. The molecule has 1 heterocycles. The van der Waals surface area contributed by atoms with Gasteiger partial charge in [-0.2, -0.15) is 0 Å². The van der Waals surface area contributed by atoms with Gasteiger partial charge in [-0.05, 0) is 68.4 Å². The number of para-hydroxylation sites is 1. The van der Waals surface area contributed by atoms with Gasteiger partial charge in [-0.1, -0.05) is 36.0 Å². The summed E-state index contributed by atoms with van der Waals surface area (Å²) in [6.45, 7) is 1.92. The molecule has 4 nitrogen and oxygen atoms in total. The summed E-state index contributed by atoms with van der Waals surface area (Å²) in [4.78, 5) is 30.8. The first-order valence-corrected chi connectivity index (χ1v) is 10.8. The minimum absolute atomic E-state index is 0.00720. The number of hydrogen-bond acceptors (Lipinski definition) is 4. The fourth-order valence-corrected chi connectivity index (χ4v) is 5.09. The van der Waals surface area contributed by atoms with E-state index in [1.54, 1.807) is 4.57 Å². The highest BCUT2D eigenvalue weighted by atomic mass is 32.2. The van der Waals surface area contributed by atoms with Crippen LogP contribution >= 0.6 is 11.8 Å². The second-order valence-electron chi connectivity index (χ2n) is 7.78. The van der Waals surface area contributed by atoms with Gasteiger partial charge < -0.3 is 0 Å². The van der Waals surface area contributed by atoms with Crippen LogP contribution < -0.4 is 5.56 Å². The summed E-state index contributed by atoms with van der Waals surface area (Å²) in [5.74, 6) is 0.101. The quantitative estimate of drug-likeness (QED) is 0.363. The third kappa shape index (κ3) is 3.08. The fourth-order valence-electron chi connectivity index (χ4n) is 4.03. The van der Waals surface area contributed by atoms with Crippen molar-refractivity contribution in [2.75, 3.05) is 0 Å². The van der Waals surface area contributed by atoms with Crippen LogP contribution in [0.5, 0.6) is 0 Å². The molecule has 1 aromatic heterocycles. The van der Waals surface area contributed by atoms with Crippen LogP contribution in [-0.4, -0.2) is 20.6 Å². The smallest absolute Gasteiger partial charge is 0.262 e. The van der Waals surface area contributed by atoms with Crippen LogP contribution in [0, 0.1) is 0 Å². The van der Waals surface area contributed by atoms with Crippen LogP contribution in [0.15, 0.2) is 52.4 Å². The molecule has 0 N–H and O–H groups in total. The molecule has 0 saturated heterocycles. The second-order valence-corrected chi connectivity index (χ2v) is 9.09. The molecule has 3 aromatic rings. The zero-order chi connectivity index (χ0) is 19.3. The predicted molar refractivity (Wildman–Crippen MR) is 112 cm³/mol. The molecule has 0 radical (unpaired) electrons. The maximum atomic E-state index is 13.1. The maximum absolute atomic E-state index is 13.1. The highest BCUT2D eigenvalue weighted by Crippen LogP contribution is 2.38. The van der Waals surface area contributed by atoms with E-state index in [2.05, 4.69) is 12.1 Å². The van der Waals surface area contributed by atoms with Gasteiger partial charge in [0.25, 0.3) is 5.56 Å². The number of fused-ring (bicyclic) bond motifs is 2. The van der Waals surface area contributed by atoms with Crippen LogP contribution in [0.1, 0.15) is 53.7 Å². The highest BCUT2D eigenvalue weighted by molar-refractivity contribution is 8.00. The molecule has 0 spiro atoms. The molecule has 2 aliphatic carbocycles. The molecule has 2 aliphatic rings. The Kier molecular flexibility index (Phi) is 4.35. The number of hydrogen-bond donors (Lipinski definition) is 0. The van der Waals surface area contributed by atoms with Gasteiger partial charge in [-0.15, -0.1) is 0 Å². The molecule has 1 saturated carbocycles. The lowest BCUT2D eigenvalue weighted by Crippen LogP contribution is -2.24. The zero-order valence-electron chi connectivity index (χ0n) is 15.9. The molecule has 5 rings (SSSR count). The zero-order valence-corrected chi connectivity index (χ0v) is 16.7. The third-order valence-electron chi connectivity index (χ3n) is 5.72. The normalized spacial score (nSPS) is 16.9. The van der Waals surface area contributed by atoms with E-state index < -0.39 is 0 Å². The van der Waals surface area contributed by atoms with Gasteiger partial charge >= 0.3 is 0 Å². The van der Waals surface area contributed by atoms with Crippen LogP contribution in [0.3, 0.4) is 0 Å². The Morgan fingerprint density at radius 3 is 2.75 bits per heavy atom. The van der Waals surface area contributed by atoms with Crippen molar-refractivity contribution in [2.45, 2.75) is 55.5 Å². The lowest BCUT2D eigenvalue weighted by atomic mass is 10.0. The Bertz CT molecular complexity index is 1150. The van der Waals surface area contributed by atoms with Gasteiger partial charge in [0.15, 0.2) is 10.9 Å². The maximum Gasteiger partial charge on any atom is 0.262 e. The molecule has 0 bridgehead atoms. The van der Waals surface area contributed by atoms with Gasteiger partial charge in [-0.3, -0.25) is 14.2 Å². The molecule has 0 aliphatic heterocycles. The van der Waals surface area contributed by atoms with E-state index in [9.17, 15) is 9.59 Å². The summed E-state index contributed by atoms with van der Waals surface area (Å²) in [6, 6.07) is 13.8. The van der Waals surface area contributed by atoms with Crippen molar-refractivity contribution >= 4 is 28.4 Å². The molecule has 1 atom stereocenters. The first-order chi connectivity index (χ1) is 13.6. The van der Waals surface area contributed by atoms with Gasteiger partial charge in [0.2, 0.25) is 0 Å². The highest BCUT2D eigenvalue weighted by Gasteiger charge is 2.30. The molecule has 1 fully saturated rings. The molecular weight excluding hydrogens is 368 g/mol. The van der Waals surface area contributed by atoms with E-state index in [1.165, 1.54) is 29.3 Å². The van der Waals surface area contributed by atoms with E-state index in [4.69, 9.17) is 4.98 Å². The second kappa shape index (κ2) is 6.89. The SMILES string of the molecule is CC(Sc1nc2ccccc2c(=O)n1C1CC1)C(=O)c1ccc2c(c1)CCC2. The van der Waals surface area contributed by atoms with Crippen molar-refractivity contribution in [3.05, 3.63) is 69.5 Å². The molecule has 142 valence electrons. The van der Waals surface area contributed by atoms with Crippen molar-refractivity contribution in [1.82, 2.24) is 9.55 Å². The molecule has 5 heteroatoms. The van der Waals surface area contributed by atoms with Crippen molar-refractivity contribution in [1.29, 1.82) is 0 Å². The number of benzene rings is 2. The van der Waals surface area contributed by atoms with Crippen molar-refractivity contribution in [2.24, 2.45) is 0 Å². The first kappa shape index (κ1) is 17.7. The lowest BCUT2D eigenvalue weighted by molar-refractivity contribution is 0.0993. The number of ketones is 1. The third-order valence-corrected chi connectivity index (χ3v) is 6.79. The van der Waals surface area contributed by atoms with E-state index in [0.717, 1.165) is 31.2 Å². The Hall–Kier alpha value is -2.40. The van der Waals surface area contributed by atoms with Crippen molar-refractivity contribution in [3.63, 3.8) is 0 Å². The van der Waals surface area contributed by atoms with Crippen LogP contribution in [0.2, 0.25) is 0 Å². The standard InChI is InChI=1S/C23H22N2O2S/c1-14(21(26)17-10-9-15-5-4-6-16(15)13-17)28-23-24-20-8-3-2-7-19(20)22(27)25(23)18-11-12-18/h2-3,7-10,13-14,18H,4-6,11-12H2,1H3. The van der Waals surface area contributed by atoms with E-state index in [-0.39, 0.29) is 22.6 Å². The van der Waals surface area contributed by atoms with Crippen LogP contribution in [0.4, 0.5) is 0 Å².